The molecule has 0 aliphatic rings. The van der Waals surface area contributed by atoms with E-state index in [1.54, 1.807) is 6.33 Å². The molecule has 0 aliphatic carbocycles. The molecule has 2 aromatic carbocycles. The molecule has 5 nitrogen and oxygen atoms in total. The summed E-state index contributed by atoms with van der Waals surface area (Å²) in [6.07, 6.45) is 1.67. The Hall–Kier alpha value is -2.12. The maximum Gasteiger partial charge on any atom is 0.234 e. The molecule has 25 heavy (non-hydrogen) atoms. The van der Waals surface area contributed by atoms with E-state index < -0.39 is 0 Å². The standard InChI is InChI=1S/C18H17BrN4OS/c1-12-5-3-4-6-16(12)23-11-20-22-18(23)25-10-17(24)21-14-7-8-15(19)13(2)9-14/h3-9,11H,10H2,1-2H3,(H,21,24). The van der Waals surface area contributed by atoms with Crippen molar-refractivity contribution in [2.45, 2.75) is 19.0 Å². The van der Waals surface area contributed by atoms with Gasteiger partial charge in [-0.1, -0.05) is 45.9 Å². The molecule has 0 saturated heterocycles. The van der Waals surface area contributed by atoms with E-state index in [1.807, 2.05) is 60.9 Å². The second-order valence-corrected chi connectivity index (χ2v) is 7.37. The Morgan fingerprint density at radius 1 is 1.20 bits per heavy atom. The Morgan fingerprint density at radius 3 is 2.76 bits per heavy atom. The summed E-state index contributed by atoms with van der Waals surface area (Å²) in [5.74, 6) is 0.186. The number of nitrogens with zero attached hydrogens (tertiary/aromatic N) is 3. The van der Waals surface area contributed by atoms with Crippen molar-refractivity contribution in [3.05, 3.63) is 64.4 Å². The summed E-state index contributed by atoms with van der Waals surface area (Å²) in [5.41, 5.74) is 3.99. The van der Waals surface area contributed by atoms with Gasteiger partial charge in [-0.3, -0.25) is 9.36 Å². The van der Waals surface area contributed by atoms with Crippen LogP contribution < -0.4 is 5.32 Å². The molecule has 0 bridgehead atoms. The largest absolute Gasteiger partial charge is 0.325 e. The molecule has 0 unspecified atom stereocenters. The Balaban J connectivity index is 1.66. The monoisotopic (exact) mass is 416 g/mol. The summed E-state index contributed by atoms with van der Waals surface area (Å²) >= 11 is 4.81. The first kappa shape index (κ1) is 17.7. The Bertz CT molecular complexity index is 910. The van der Waals surface area contributed by atoms with Crippen LogP contribution in [0.4, 0.5) is 5.69 Å². The van der Waals surface area contributed by atoms with Gasteiger partial charge in [-0.15, -0.1) is 10.2 Å². The summed E-state index contributed by atoms with van der Waals surface area (Å²) in [6.45, 7) is 4.02. The third-order valence-electron chi connectivity index (χ3n) is 3.67. The lowest BCUT2D eigenvalue weighted by molar-refractivity contribution is -0.113. The van der Waals surface area contributed by atoms with Gasteiger partial charge in [-0.05, 0) is 49.2 Å². The fraction of sp³-hybridized carbons (Fsp3) is 0.167. The van der Waals surface area contributed by atoms with Crippen molar-refractivity contribution in [1.29, 1.82) is 0 Å². The fourth-order valence-electron chi connectivity index (χ4n) is 2.37. The van der Waals surface area contributed by atoms with E-state index in [1.165, 1.54) is 11.8 Å². The first-order chi connectivity index (χ1) is 12.0. The fourth-order valence-corrected chi connectivity index (χ4v) is 3.34. The molecular weight excluding hydrogens is 400 g/mol. The maximum absolute atomic E-state index is 12.2. The van der Waals surface area contributed by atoms with Crippen molar-refractivity contribution in [2.24, 2.45) is 0 Å². The van der Waals surface area contributed by atoms with E-state index in [0.29, 0.717) is 5.16 Å². The average Bonchev–Trinajstić information content (AvgIpc) is 3.05. The highest BCUT2D eigenvalue weighted by molar-refractivity contribution is 9.10. The number of rotatable bonds is 5. The van der Waals surface area contributed by atoms with Crippen molar-refractivity contribution >= 4 is 39.3 Å². The molecule has 128 valence electrons. The van der Waals surface area contributed by atoms with Crippen molar-refractivity contribution in [2.75, 3.05) is 11.1 Å². The summed E-state index contributed by atoms with van der Waals surface area (Å²) in [6, 6.07) is 13.7. The normalized spacial score (nSPS) is 10.7. The zero-order valence-electron chi connectivity index (χ0n) is 13.9. The number of carbonyl (C=O) groups is 1. The van der Waals surface area contributed by atoms with Crippen LogP contribution in [0, 0.1) is 13.8 Å². The van der Waals surface area contributed by atoms with Gasteiger partial charge >= 0.3 is 0 Å². The number of thioether (sulfide) groups is 1. The van der Waals surface area contributed by atoms with Gasteiger partial charge in [-0.25, -0.2) is 0 Å². The van der Waals surface area contributed by atoms with E-state index in [9.17, 15) is 4.79 Å². The first-order valence-electron chi connectivity index (χ1n) is 7.69. The third kappa shape index (κ3) is 4.29. The first-order valence-corrected chi connectivity index (χ1v) is 9.47. The van der Waals surface area contributed by atoms with Gasteiger partial charge in [-0.2, -0.15) is 0 Å². The second kappa shape index (κ2) is 7.84. The molecule has 0 saturated carbocycles. The smallest absolute Gasteiger partial charge is 0.234 e. The number of nitrogens with one attached hydrogen (secondary N) is 1. The minimum absolute atomic E-state index is 0.0777. The average molecular weight is 417 g/mol. The highest BCUT2D eigenvalue weighted by atomic mass is 79.9. The highest BCUT2D eigenvalue weighted by Gasteiger charge is 2.11. The van der Waals surface area contributed by atoms with E-state index in [0.717, 1.165) is 27.0 Å². The molecule has 0 atom stereocenters. The Morgan fingerprint density at radius 2 is 2.00 bits per heavy atom. The number of aromatic nitrogens is 3. The zero-order chi connectivity index (χ0) is 17.8. The zero-order valence-corrected chi connectivity index (χ0v) is 16.3. The second-order valence-electron chi connectivity index (χ2n) is 5.57. The van der Waals surface area contributed by atoms with Crippen LogP contribution in [0.25, 0.3) is 5.69 Å². The molecule has 0 fully saturated rings. The van der Waals surface area contributed by atoms with Crippen molar-refractivity contribution < 1.29 is 4.79 Å². The molecule has 3 rings (SSSR count). The van der Waals surface area contributed by atoms with Crippen LogP contribution in [0.1, 0.15) is 11.1 Å². The van der Waals surface area contributed by atoms with E-state index >= 15 is 0 Å². The lowest BCUT2D eigenvalue weighted by Crippen LogP contribution is -2.14. The van der Waals surface area contributed by atoms with Crippen LogP contribution in [0.15, 0.2) is 58.4 Å². The van der Waals surface area contributed by atoms with Crippen LogP contribution in [-0.4, -0.2) is 26.4 Å². The molecular formula is C18H17BrN4OS. The van der Waals surface area contributed by atoms with Gasteiger partial charge < -0.3 is 5.32 Å². The predicted octanol–water partition coefficient (Wildman–Crippen LogP) is 4.38. The van der Waals surface area contributed by atoms with E-state index in [2.05, 4.69) is 31.4 Å². The molecule has 1 aromatic heterocycles. The van der Waals surface area contributed by atoms with Gasteiger partial charge in [0.2, 0.25) is 5.91 Å². The van der Waals surface area contributed by atoms with Crippen LogP contribution in [0.3, 0.4) is 0 Å². The number of halogens is 1. The summed E-state index contributed by atoms with van der Waals surface area (Å²) in [7, 11) is 0. The number of aryl methyl sites for hydroxylation is 2. The quantitative estimate of drug-likeness (QED) is 0.626. The molecule has 7 heteroatoms. The van der Waals surface area contributed by atoms with Crippen molar-refractivity contribution in [3.8, 4) is 5.69 Å². The van der Waals surface area contributed by atoms with Crippen LogP contribution >= 0.6 is 27.7 Å². The molecule has 1 amide bonds. The van der Waals surface area contributed by atoms with Gasteiger partial charge in [0.05, 0.1) is 11.4 Å². The molecule has 1 heterocycles. The van der Waals surface area contributed by atoms with Crippen LogP contribution in [0.2, 0.25) is 0 Å². The number of hydrogen-bond acceptors (Lipinski definition) is 4. The SMILES string of the molecule is Cc1cc(NC(=O)CSc2nncn2-c2ccccc2C)ccc1Br. The van der Waals surface area contributed by atoms with Crippen molar-refractivity contribution in [3.63, 3.8) is 0 Å². The number of para-hydroxylation sites is 1. The maximum atomic E-state index is 12.2. The molecule has 1 N–H and O–H groups in total. The summed E-state index contributed by atoms with van der Waals surface area (Å²) in [5, 5.41) is 11.7. The number of hydrogen-bond donors (Lipinski definition) is 1. The highest BCUT2D eigenvalue weighted by Crippen LogP contribution is 2.23. The van der Waals surface area contributed by atoms with Crippen LogP contribution in [0.5, 0.6) is 0 Å². The number of benzene rings is 2. The summed E-state index contributed by atoms with van der Waals surface area (Å²) in [4.78, 5) is 12.2. The number of anilines is 1. The lowest BCUT2D eigenvalue weighted by atomic mass is 10.2. The molecule has 0 spiro atoms. The van der Waals surface area contributed by atoms with E-state index in [-0.39, 0.29) is 11.7 Å². The minimum atomic E-state index is -0.0777. The Kier molecular flexibility index (Phi) is 5.55. The minimum Gasteiger partial charge on any atom is -0.325 e. The topological polar surface area (TPSA) is 59.8 Å². The van der Waals surface area contributed by atoms with E-state index in [4.69, 9.17) is 0 Å². The van der Waals surface area contributed by atoms with Gasteiger partial charge in [0, 0.05) is 10.2 Å². The van der Waals surface area contributed by atoms with Gasteiger partial charge in [0.15, 0.2) is 5.16 Å². The number of carbonyl (C=O) groups excluding carboxylic acids is 1. The predicted molar refractivity (Wildman–Crippen MR) is 104 cm³/mol. The van der Waals surface area contributed by atoms with Crippen molar-refractivity contribution in [1.82, 2.24) is 14.8 Å². The number of amides is 1. The molecule has 0 radical (unpaired) electrons. The molecule has 3 aromatic rings. The summed E-state index contributed by atoms with van der Waals surface area (Å²) < 4.78 is 2.92. The van der Waals surface area contributed by atoms with Gasteiger partial charge in [0.25, 0.3) is 0 Å². The molecule has 0 aliphatic heterocycles. The third-order valence-corrected chi connectivity index (χ3v) is 5.50. The van der Waals surface area contributed by atoms with Crippen LogP contribution in [-0.2, 0) is 4.79 Å². The lowest BCUT2D eigenvalue weighted by Gasteiger charge is -2.09. The Labute approximate surface area is 159 Å². The van der Waals surface area contributed by atoms with Gasteiger partial charge in [0.1, 0.15) is 6.33 Å².